The van der Waals surface area contributed by atoms with Crippen LogP contribution in [0.2, 0.25) is 0 Å². The third-order valence-corrected chi connectivity index (χ3v) is 6.01. The molecule has 0 saturated heterocycles. The lowest BCUT2D eigenvalue weighted by molar-refractivity contribution is 0.0779. The summed E-state index contributed by atoms with van der Waals surface area (Å²) >= 11 is 1.17. The summed E-state index contributed by atoms with van der Waals surface area (Å²) in [5.74, 6) is -2.71. The SMILES string of the molecule is CC(C)(O)c1cc(F)c(NC(=O)c2ccsc2Nc2cccc(CS(C)(=O)=O)n2)c(F)c1. The molecule has 0 unspecified atom stereocenters. The highest BCUT2D eigenvalue weighted by Crippen LogP contribution is 2.30. The molecule has 0 aliphatic rings. The van der Waals surface area contributed by atoms with Crippen molar-refractivity contribution in [3.8, 4) is 0 Å². The van der Waals surface area contributed by atoms with Crippen LogP contribution in [0, 0.1) is 11.6 Å². The van der Waals surface area contributed by atoms with Crippen LogP contribution in [0.5, 0.6) is 0 Å². The third kappa shape index (κ3) is 5.87. The molecule has 0 fully saturated rings. The van der Waals surface area contributed by atoms with Crippen molar-refractivity contribution in [1.82, 2.24) is 4.98 Å². The molecule has 7 nitrogen and oxygen atoms in total. The molecule has 2 heterocycles. The first-order valence-electron chi connectivity index (χ1n) is 9.35. The van der Waals surface area contributed by atoms with Crippen molar-refractivity contribution >= 4 is 43.6 Å². The van der Waals surface area contributed by atoms with Crippen LogP contribution in [-0.4, -0.2) is 30.7 Å². The molecule has 0 atom stereocenters. The van der Waals surface area contributed by atoms with Crippen LogP contribution in [0.4, 0.5) is 25.3 Å². The zero-order valence-corrected chi connectivity index (χ0v) is 19.1. The topological polar surface area (TPSA) is 108 Å². The molecular formula is C21H21F2N3O4S2. The number of aromatic nitrogens is 1. The van der Waals surface area contributed by atoms with Gasteiger partial charge in [-0.05, 0) is 55.1 Å². The summed E-state index contributed by atoms with van der Waals surface area (Å²) in [7, 11) is -3.27. The molecule has 3 aromatic rings. The fourth-order valence-corrected chi connectivity index (χ4v) is 4.32. The van der Waals surface area contributed by atoms with Crippen molar-refractivity contribution in [2.24, 2.45) is 0 Å². The number of thiophene rings is 1. The van der Waals surface area contributed by atoms with Crippen LogP contribution >= 0.6 is 11.3 Å². The fraction of sp³-hybridized carbons (Fsp3) is 0.238. The van der Waals surface area contributed by atoms with E-state index in [1.807, 2.05) is 0 Å². The normalized spacial score (nSPS) is 11.9. The fourth-order valence-electron chi connectivity index (χ4n) is 2.83. The minimum absolute atomic E-state index is 0.0310. The summed E-state index contributed by atoms with van der Waals surface area (Å²) < 4.78 is 51.8. The number of carbonyl (C=O) groups is 1. The van der Waals surface area contributed by atoms with Gasteiger partial charge in [-0.25, -0.2) is 22.2 Å². The number of pyridine rings is 1. The highest BCUT2D eigenvalue weighted by molar-refractivity contribution is 7.89. The lowest BCUT2D eigenvalue weighted by Crippen LogP contribution is -2.19. The van der Waals surface area contributed by atoms with Gasteiger partial charge in [0.2, 0.25) is 0 Å². The average molecular weight is 482 g/mol. The molecule has 1 aromatic carbocycles. The first-order valence-corrected chi connectivity index (χ1v) is 12.3. The lowest BCUT2D eigenvalue weighted by atomic mass is 9.97. The van der Waals surface area contributed by atoms with Gasteiger partial charge in [-0.3, -0.25) is 4.79 Å². The first-order chi connectivity index (χ1) is 14.8. The highest BCUT2D eigenvalue weighted by atomic mass is 32.2. The summed E-state index contributed by atoms with van der Waals surface area (Å²) in [6, 6.07) is 8.19. The Morgan fingerprint density at radius 3 is 2.44 bits per heavy atom. The second kappa shape index (κ2) is 8.93. The van der Waals surface area contributed by atoms with Crippen molar-refractivity contribution < 1.29 is 27.1 Å². The summed E-state index contributed by atoms with van der Waals surface area (Å²) in [4.78, 5) is 16.9. The second-order valence-corrected chi connectivity index (χ2v) is 10.8. The van der Waals surface area contributed by atoms with Crippen molar-refractivity contribution in [2.75, 3.05) is 16.9 Å². The molecule has 0 aliphatic carbocycles. The number of sulfone groups is 1. The number of halogens is 2. The van der Waals surface area contributed by atoms with E-state index in [2.05, 4.69) is 15.6 Å². The number of rotatable bonds is 7. The van der Waals surface area contributed by atoms with Crippen molar-refractivity contribution in [1.29, 1.82) is 0 Å². The van der Waals surface area contributed by atoms with E-state index in [-0.39, 0.29) is 16.9 Å². The quantitative estimate of drug-likeness (QED) is 0.467. The van der Waals surface area contributed by atoms with Gasteiger partial charge < -0.3 is 15.7 Å². The van der Waals surface area contributed by atoms with Crippen LogP contribution in [0.3, 0.4) is 0 Å². The van der Waals surface area contributed by atoms with Crippen LogP contribution in [0.1, 0.15) is 35.5 Å². The number of nitrogens with one attached hydrogen (secondary N) is 2. The van der Waals surface area contributed by atoms with E-state index < -0.39 is 38.7 Å². The van der Waals surface area contributed by atoms with E-state index in [4.69, 9.17) is 0 Å². The van der Waals surface area contributed by atoms with Gasteiger partial charge in [-0.15, -0.1) is 11.3 Å². The summed E-state index contributed by atoms with van der Waals surface area (Å²) in [5.41, 5.74) is -1.60. The van der Waals surface area contributed by atoms with Crippen molar-refractivity contribution in [2.45, 2.75) is 25.2 Å². The smallest absolute Gasteiger partial charge is 0.258 e. The van der Waals surface area contributed by atoms with Crippen LogP contribution in [0.15, 0.2) is 41.8 Å². The van der Waals surface area contributed by atoms with E-state index >= 15 is 0 Å². The molecule has 0 saturated carbocycles. The number of hydrogen-bond acceptors (Lipinski definition) is 7. The Morgan fingerprint density at radius 1 is 1.19 bits per heavy atom. The zero-order chi connectivity index (χ0) is 23.7. The zero-order valence-electron chi connectivity index (χ0n) is 17.4. The summed E-state index contributed by atoms with van der Waals surface area (Å²) in [6.07, 6.45) is 1.10. The molecule has 3 rings (SSSR count). The largest absolute Gasteiger partial charge is 0.386 e. The van der Waals surface area contributed by atoms with Gasteiger partial charge in [-0.2, -0.15) is 0 Å². The highest BCUT2D eigenvalue weighted by Gasteiger charge is 2.23. The number of carbonyl (C=O) groups excluding carboxylic acids is 1. The molecule has 0 radical (unpaired) electrons. The second-order valence-electron chi connectivity index (χ2n) is 7.70. The maximum atomic E-state index is 14.4. The molecule has 11 heteroatoms. The van der Waals surface area contributed by atoms with E-state index in [0.717, 1.165) is 18.4 Å². The average Bonchev–Trinajstić information content (AvgIpc) is 3.10. The van der Waals surface area contributed by atoms with Gasteiger partial charge in [0.15, 0.2) is 9.84 Å². The van der Waals surface area contributed by atoms with E-state index in [0.29, 0.717) is 16.5 Å². The number of nitrogens with zero attached hydrogens (tertiary/aromatic N) is 1. The van der Waals surface area contributed by atoms with E-state index in [9.17, 15) is 27.1 Å². The van der Waals surface area contributed by atoms with Gasteiger partial charge in [0.25, 0.3) is 5.91 Å². The Hall–Kier alpha value is -2.89. The Labute approximate surface area is 188 Å². The molecule has 2 aromatic heterocycles. The first kappa shape index (κ1) is 23.8. The molecule has 0 bridgehead atoms. The summed E-state index contributed by atoms with van der Waals surface area (Å²) in [6.45, 7) is 2.78. The molecular weight excluding hydrogens is 460 g/mol. The van der Waals surface area contributed by atoms with E-state index in [1.54, 1.807) is 23.6 Å². The standard InChI is InChI=1S/C21H21F2N3O4S2/c1-21(2,28)12-9-15(22)18(16(23)10-12)26-19(27)14-7-8-31-20(14)25-17-6-4-5-13(24-17)11-32(3,29)30/h4-10,28H,11H2,1-3H3,(H,24,25)(H,26,27). The van der Waals surface area contributed by atoms with Crippen LogP contribution in [-0.2, 0) is 21.2 Å². The predicted molar refractivity (Wildman–Crippen MR) is 120 cm³/mol. The van der Waals surface area contributed by atoms with Gasteiger partial charge in [-0.1, -0.05) is 6.07 Å². The Bertz CT molecular complexity index is 1250. The molecule has 32 heavy (non-hydrogen) atoms. The maximum Gasteiger partial charge on any atom is 0.258 e. The lowest BCUT2D eigenvalue weighted by Gasteiger charge is -2.19. The minimum atomic E-state index is -3.27. The number of amides is 1. The molecule has 170 valence electrons. The van der Waals surface area contributed by atoms with Crippen molar-refractivity contribution in [3.05, 3.63) is 70.2 Å². The van der Waals surface area contributed by atoms with Gasteiger partial charge in [0.05, 0.1) is 22.6 Å². The van der Waals surface area contributed by atoms with E-state index in [1.165, 1.54) is 31.3 Å². The van der Waals surface area contributed by atoms with Gasteiger partial charge >= 0.3 is 0 Å². The summed E-state index contributed by atoms with van der Waals surface area (Å²) in [5, 5.41) is 17.1. The third-order valence-electron chi connectivity index (χ3n) is 4.36. The van der Waals surface area contributed by atoms with Gasteiger partial charge in [0.1, 0.15) is 28.1 Å². The number of aliphatic hydroxyl groups is 1. The molecule has 3 N–H and O–H groups in total. The van der Waals surface area contributed by atoms with Gasteiger partial charge in [0, 0.05) is 6.26 Å². The number of hydrogen-bond donors (Lipinski definition) is 3. The predicted octanol–water partition coefficient (Wildman–Crippen LogP) is 4.19. The van der Waals surface area contributed by atoms with Crippen LogP contribution < -0.4 is 10.6 Å². The number of benzene rings is 1. The Kier molecular flexibility index (Phi) is 6.63. The van der Waals surface area contributed by atoms with Crippen molar-refractivity contribution in [3.63, 3.8) is 0 Å². The molecule has 1 amide bonds. The Morgan fingerprint density at radius 2 is 1.84 bits per heavy atom. The number of anilines is 3. The van der Waals surface area contributed by atoms with Crippen LogP contribution in [0.25, 0.3) is 0 Å². The monoisotopic (exact) mass is 481 g/mol. The Balaban J connectivity index is 1.82. The molecule has 0 spiro atoms. The maximum absolute atomic E-state index is 14.4. The minimum Gasteiger partial charge on any atom is -0.386 e. The molecule has 0 aliphatic heterocycles.